The Labute approximate surface area is 116 Å². The van der Waals surface area contributed by atoms with Gasteiger partial charge in [-0.15, -0.1) is 10.2 Å². The second kappa shape index (κ2) is 5.05. The SMILES string of the molecule is CC1CN(c2c(C(=O)O)nnc3ccccc23)CCO1. The Morgan fingerprint density at radius 2 is 2.20 bits per heavy atom. The minimum absolute atomic E-state index is 0.00204. The molecule has 2 aromatic rings. The van der Waals surface area contributed by atoms with Crippen molar-refractivity contribution in [2.45, 2.75) is 13.0 Å². The number of nitrogens with zero attached hydrogens (tertiary/aromatic N) is 3. The first-order valence-corrected chi connectivity index (χ1v) is 6.52. The number of benzene rings is 1. The molecule has 3 rings (SSSR count). The third-order valence-electron chi connectivity index (χ3n) is 3.40. The van der Waals surface area contributed by atoms with Crippen molar-refractivity contribution >= 4 is 22.6 Å². The molecule has 104 valence electrons. The Hall–Kier alpha value is -2.21. The highest BCUT2D eigenvalue weighted by Gasteiger charge is 2.25. The molecule has 1 unspecified atom stereocenters. The molecule has 1 aromatic heterocycles. The van der Waals surface area contributed by atoms with E-state index in [1.165, 1.54) is 0 Å². The smallest absolute Gasteiger partial charge is 0.358 e. The average molecular weight is 273 g/mol. The summed E-state index contributed by atoms with van der Waals surface area (Å²) in [5.74, 6) is -1.06. The molecule has 6 nitrogen and oxygen atoms in total. The van der Waals surface area contributed by atoms with Gasteiger partial charge in [0.05, 0.1) is 23.9 Å². The number of aromatic nitrogens is 2. The molecule has 0 spiro atoms. The van der Waals surface area contributed by atoms with Crippen LogP contribution in [0.25, 0.3) is 10.9 Å². The number of carboxylic acids is 1. The van der Waals surface area contributed by atoms with E-state index >= 15 is 0 Å². The van der Waals surface area contributed by atoms with Gasteiger partial charge in [-0.25, -0.2) is 4.79 Å². The Bertz CT molecular complexity index is 659. The monoisotopic (exact) mass is 273 g/mol. The summed E-state index contributed by atoms with van der Waals surface area (Å²) in [7, 11) is 0. The van der Waals surface area contributed by atoms with E-state index in [4.69, 9.17) is 4.74 Å². The maximum atomic E-state index is 11.4. The lowest BCUT2D eigenvalue weighted by Crippen LogP contribution is -2.42. The van der Waals surface area contributed by atoms with Crippen LogP contribution in [-0.4, -0.2) is 47.1 Å². The van der Waals surface area contributed by atoms with Gasteiger partial charge in [-0.3, -0.25) is 0 Å². The Morgan fingerprint density at radius 3 is 2.95 bits per heavy atom. The topological polar surface area (TPSA) is 75.6 Å². The summed E-state index contributed by atoms with van der Waals surface area (Å²) in [4.78, 5) is 13.5. The third-order valence-corrected chi connectivity index (χ3v) is 3.40. The summed E-state index contributed by atoms with van der Waals surface area (Å²) < 4.78 is 5.52. The normalized spacial score (nSPS) is 19.2. The van der Waals surface area contributed by atoms with Crippen LogP contribution in [0.5, 0.6) is 0 Å². The lowest BCUT2D eigenvalue weighted by molar-refractivity contribution is 0.0528. The van der Waals surface area contributed by atoms with E-state index in [1.807, 2.05) is 36.1 Å². The number of rotatable bonds is 2. The average Bonchev–Trinajstić information content (AvgIpc) is 2.46. The van der Waals surface area contributed by atoms with E-state index < -0.39 is 5.97 Å². The Balaban J connectivity index is 2.19. The zero-order valence-electron chi connectivity index (χ0n) is 11.1. The van der Waals surface area contributed by atoms with Crippen LogP contribution < -0.4 is 4.90 Å². The fraction of sp³-hybridized carbons (Fsp3) is 0.357. The van der Waals surface area contributed by atoms with Crippen molar-refractivity contribution < 1.29 is 14.6 Å². The number of hydrogen-bond donors (Lipinski definition) is 1. The van der Waals surface area contributed by atoms with Gasteiger partial charge in [0.15, 0.2) is 5.69 Å². The summed E-state index contributed by atoms with van der Waals surface area (Å²) in [6, 6.07) is 7.46. The second-order valence-corrected chi connectivity index (χ2v) is 4.85. The van der Waals surface area contributed by atoms with E-state index in [2.05, 4.69) is 10.2 Å². The summed E-state index contributed by atoms with van der Waals surface area (Å²) in [5.41, 5.74) is 1.34. The van der Waals surface area contributed by atoms with E-state index in [1.54, 1.807) is 0 Å². The molecule has 0 bridgehead atoms. The van der Waals surface area contributed by atoms with Crippen LogP contribution in [0.15, 0.2) is 24.3 Å². The molecule has 0 saturated carbocycles. The largest absolute Gasteiger partial charge is 0.476 e. The number of carboxylic acid groups (broad SMARTS) is 1. The van der Waals surface area contributed by atoms with E-state index in [9.17, 15) is 9.90 Å². The minimum Gasteiger partial charge on any atom is -0.476 e. The predicted molar refractivity (Wildman–Crippen MR) is 74.1 cm³/mol. The summed E-state index contributed by atoms with van der Waals surface area (Å²) in [6.07, 6.45) is 0.0670. The molecule has 0 amide bonds. The molecule has 2 heterocycles. The standard InChI is InChI=1S/C14H15N3O3/c1-9-8-17(6-7-20-9)13-10-4-2-3-5-11(10)15-16-12(13)14(18)19/h2-5,9H,6-8H2,1H3,(H,18,19). The predicted octanol–water partition coefficient (Wildman–Crippen LogP) is 1.55. The van der Waals surface area contributed by atoms with Crippen LogP contribution in [0.2, 0.25) is 0 Å². The first-order valence-electron chi connectivity index (χ1n) is 6.52. The van der Waals surface area contributed by atoms with Crippen molar-refractivity contribution in [3.05, 3.63) is 30.0 Å². The highest BCUT2D eigenvalue weighted by atomic mass is 16.5. The summed E-state index contributed by atoms with van der Waals surface area (Å²) in [6.45, 7) is 3.86. The van der Waals surface area contributed by atoms with E-state index in [0.717, 1.165) is 5.39 Å². The van der Waals surface area contributed by atoms with Gasteiger partial charge in [0.2, 0.25) is 0 Å². The van der Waals surface area contributed by atoms with Gasteiger partial charge in [-0.1, -0.05) is 18.2 Å². The molecule has 1 fully saturated rings. The van der Waals surface area contributed by atoms with Gasteiger partial charge in [-0.2, -0.15) is 0 Å². The molecule has 1 saturated heterocycles. The first-order chi connectivity index (χ1) is 9.66. The van der Waals surface area contributed by atoms with Crippen LogP contribution in [0.4, 0.5) is 5.69 Å². The maximum absolute atomic E-state index is 11.4. The highest BCUT2D eigenvalue weighted by Crippen LogP contribution is 2.29. The maximum Gasteiger partial charge on any atom is 0.358 e. The quantitative estimate of drug-likeness (QED) is 0.894. The van der Waals surface area contributed by atoms with Crippen molar-refractivity contribution in [2.24, 2.45) is 0 Å². The van der Waals surface area contributed by atoms with E-state index in [0.29, 0.717) is 30.9 Å². The van der Waals surface area contributed by atoms with Crippen LogP contribution >= 0.6 is 0 Å². The molecule has 1 aliphatic heterocycles. The number of ether oxygens (including phenoxy) is 1. The van der Waals surface area contributed by atoms with Crippen LogP contribution in [-0.2, 0) is 4.74 Å². The third kappa shape index (κ3) is 2.18. The molecule has 1 aliphatic rings. The molecule has 0 aliphatic carbocycles. The molecule has 20 heavy (non-hydrogen) atoms. The molecule has 1 atom stereocenters. The molecular weight excluding hydrogens is 258 g/mol. The number of hydrogen-bond acceptors (Lipinski definition) is 5. The van der Waals surface area contributed by atoms with E-state index in [-0.39, 0.29) is 11.8 Å². The number of fused-ring (bicyclic) bond motifs is 1. The van der Waals surface area contributed by atoms with Crippen LogP contribution in [0.3, 0.4) is 0 Å². The second-order valence-electron chi connectivity index (χ2n) is 4.85. The van der Waals surface area contributed by atoms with Gasteiger partial charge >= 0.3 is 5.97 Å². The minimum atomic E-state index is -1.06. The number of carbonyl (C=O) groups is 1. The van der Waals surface area contributed by atoms with Crippen LogP contribution in [0.1, 0.15) is 17.4 Å². The van der Waals surface area contributed by atoms with Crippen molar-refractivity contribution in [3.8, 4) is 0 Å². The fourth-order valence-electron chi connectivity index (χ4n) is 2.53. The first kappa shape index (κ1) is 12.8. The molecule has 6 heteroatoms. The number of aromatic carboxylic acids is 1. The fourth-order valence-corrected chi connectivity index (χ4v) is 2.53. The zero-order chi connectivity index (χ0) is 14.1. The number of anilines is 1. The highest BCUT2D eigenvalue weighted by molar-refractivity contribution is 6.02. The molecule has 0 radical (unpaired) electrons. The van der Waals surface area contributed by atoms with Crippen molar-refractivity contribution in [1.82, 2.24) is 10.2 Å². The summed E-state index contributed by atoms with van der Waals surface area (Å²) >= 11 is 0. The van der Waals surface area contributed by atoms with Gasteiger partial charge in [-0.05, 0) is 13.0 Å². The van der Waals surface area contributed by atoms with Gasteiger partial charge < -0.3 is 14.7 Å². The molecular formula is C14H15N3O3. The lowest BCUT2D eigenvalue weighted by Gasteiger charge is -2.33. The van der Waals surface area contributed by atoms with Crippen LogP contribution in [0, 0.1) is 0 Å². The van der Waals surface area contributed by atoms with Gasteiger partial charge in [0.25, 0.3) is 0 Å². The molecule has 1 aromatic carbocycles. The van der Waals surface area contributed by atoms with Gasteiger partial charge in [0, 0.05) is 18.5 Å². The number of morpholine rings is 1. The van der Waals surface area contributed by atoms with Crippen molar-refractivity contribution in [1.29, 1.82) is 0 Å². The zero-order valence-corrected chi connectivity index (χ0v) is 11.1. The van der Waals surface area contributed by atoms with Crippen molar-refractivity contribution in [2.75, 3.05) is 24.6 Å². The summed E-state index contributed by atoms with van der Waals surface area (Å²) in [5, 5.41) is 18.0. The lowest BCUT2D eigenvalue weighted by atomic mass is 10.1. The van der Waals surface area contributed by atoms with Crippen molar-refractivity contribution in [3.63, 3.8) is 0 Å². The Kier molecular flexibility index (Phi) is 3.23. The van der Waals surface area contributed by atoms with Gasteiger partial charge in [0.1, 0.15) is 0 Å². The Morgan fingerprint density at radius 1 is 1.40 bits per heavy atom. The molecule has 1 N–H and O–H groups in total.